The highest BCUT2D eigenvalue weighted by molar-refractivity contribution is 6.32. The summed E-state index contributed by atoms with van der Waals surface area (Å²) in [6, 6.07) is 5.51. The highest BCUT2D eigenvalue weighted by Crippen LogP contribution is 2.26. The van der Waals surface area contributed by atoms with E-state index in [2.05, 4.69) is 20.6 Å². The smallest absolute Gasteiger partial charge is 0.239 e. The van der Waals surface area contributed by atoms with Gasteiger partial charge in [0.15, 0.2) is 0 Å². The van der Waals surface area contributed by atoms with Crippen LogP contribution in [0, 0.1) is 0 Å². The molecule has 1 amide bonds. The molecule has 6 nitrogen and oxygen atoms in total. The second kappa shape index (κ2) is 7.68. The molecule has 1 aliphatic rings. The Labute approximate surface area is 149 Å². The maximum atomic E-state index is 11.7. The summed E-state index contributed by atoms with van der Waals surface area (Å²) >= 11 is 11.9. The molecule has 2 aromatic heterocycles. The molecule has 0 saturated heterocycles. The zero-order chi connectivity index (χ0) is 16.9. The van der Waals surface area contributed by atoms with Crippen LogP contribution < -0.4 is 15.4 Å². The molecule has 0 aliphatic heterocycles. The van der Waals surface area contributed by atoms with Crippen molar-refractivity contribution in [2.45, 2.75) is 25.5 Å². The lowest BCUT2D eigenvalue weighted by Crippen LogP contribution is -2.31. The van der Waals surface area contributed by atoms with Gasteiger partial charge in [0.1, 0.15) is 23.2 Å². The van der Waals surface area contributed by atoms with Crippen molar-refractivity contribution in [3.63, 3.8) is 0 Å². The topological polar surface area (TPSA) is 76.1 Å². The molecule has 0 unspecified atom stereocenters. The van der Waals surface area contributed by atoms with E-state index in [0.717, 1.165) is 18.5 Å². The number of ether oxygens (including phenoxy) is 1. The second-order valence-electron chi connectivity index (χ2n) is 5.45. The van der Waals surface area contributed by atoms with E-state index in [1.54, 1.807) is 24.4 Å². The van der Waals surface area contributed by atoms with Crippen molar-refractivity contribution in [1.29, 1.82) is 0 Å². The van der Waals surface area contributed by atoms with Crippen molar-refractivity contribution in [3.8, 4) is 5.75 Å². The van der Waals surface area contributed by atoms with Crippen molar-refractivity contribution in [2.24, 2.45) is 0 Å². The second-order valence-corrected chi connectivity index (χ2v) is 6.30. The fourth-order valence-electron chi connectivity index (χ4n) is 1.95. The minimum atomic E-state index is -0.0536. The van der Waals surface area contributed by atoms with Gasteiger partial charge in [-0.05, 0) is 25.0 Å². The first-order chi connectivity index (χ1) is 11.6. The van der Waals surface area contributed by atoms with Gasteiger partial charge in [-0.25, -0.2) is 4.98 Å². The monoisotopic (exact) mass is 366 g/mol. The Morgan fingerprint density at radius 3 is 2.79 bits per heavy atom. The van der Waals surface area contributed by atoms with Gasteiger partial charge < -0.3 is 15.4 Å². The van der Waals surface area contributed by atoms with Crippen LogP contribution in [0.15, 0.2) is 30.6 Å². The first-order valence-corrected chi connectivity index (χ1v) is 8.28. The van der Waals surface area contributed by atoms with E-state index in [0.29, 0.717) is 27.7 Å². The molecule has 0 bridgehead atoms. The number of nitrogens with one attached hydrogen (secondary N) is 2. The largest absolute Gasteiger partial charge is 0.486 e. The first kappa shape index (κ1) is 16.8. The van der Waals surface area contributed by atoms with Crippen molar-refractivity contribution in [2.75, 3.05) is 11.9 Å². The minimum Gasteiger partial charge on any atom is -0.486 e. The van der Waals surface area contributed by atoms with Crippen molar-refractivity contribution in [3.05, 3.63) is 46.3 Å². The van der Waals surface area contributed by atoms with Crippen LogP contribution in [0.2, 0.25) is 10.0 Å². The number of anilines is 1. The summed E-state index contributed by atoms with van der Waals surface area (Å²) in [4.78, 5) is 20.0. The summed E-state index contributed by atoms with van der Waals surface area (Å²) in [5.41, 5.74) is 0.727. The number of halogens is 2. The fourth-order valence-corrected chi connectivity index (χ4v) is 2.22. The van der Waals surface area contributed by atoms with Gasteiger partial charge in [-0.1, -0.05) is 23.2 Å². The van der Waals surface area contributed by atoms with E-state index in [9.17, 15) is 4.79 Å². The Morgan fingerprint density at radius 1 is 1.25 bits per heavy atom. The van der Waals surface area contributed by atoms with Crippen LogP contribution in [0.4, 0.5) is 5.82 Å². The van der Waals surface area contributed by atoms with Gasteiger partial charge in [0.25, 0.3) is 0 Å². The molecule has 3 rings (SSSR count). The molecule has 2 aromatic rings. The Morgan fingerprint density at radius 2 is 2.08 bits per heavy atom. The van der Waals surface area contributed by atoms with Crippen LogP contribution in [-0.2, 0) is 11.4 Å². The summed E-state index contributed by atoms with van der Waals surface area (Å²) in [7, 11) is 0. The Bertz CT molecular complexity index is 721. The third-order valence-corrected chi connectivity index (χ3v) is 3.86. The van der Waals surface area contributed by atoms with Crippen LogP contribution >= 0.6 is 23.2 Å². The average molecular weight is 367 g/mol. The molecule has 0 radical (unpaired) electrons. The molecule has 1 saturated carbocycles. The van der Waals surface area contributed by atoms with Gasteiger partial charge in [0.05, 0.1) is 23.5 Å². The SMILES string of the molecule is O=C(CNc1cc(OCc2ccc(Cl)cn2)c(Cl)cn1)NC1CC1. The van der Waals surface area contributed by atoms with Gasteiger partial charge >= 0.3 is 0 Å². The molecule has 0 atom stereocenters. The zero-order valence-electron chi connectivity index (χ0n) is 12.8. The molecule has 1 aliphatic carbocycles. The number of rotatable bonds is 7. The van der Waals surface area contributed by atoms with E-state index in [1.807, 2.05) is 0 Å². The molecule has 1 fully saturated rings. The number of hydrogen-bond acceptors (Lipinski definition) is 5. The summed E-state index contributed by atoms with van der Waals surface area (Å²) in [5.74, 6) is 0.931. The van der Waals surface area contributed by atoms with E-state index in [4.69, 9.17) is 27.9 Å². The summed E-state index contributed by atoms with van der Waals surface area (Å²) < 4.78 is 5.67. The Kier molecular flexibility index (Phi) is 5.37. The predicted molar refractivity (Wildman–Crippen MR) is 92.5 cm³/mol. The number of carbonyl (C=O) groups excluding carboxylic acids is 1. The number of amides is 1. The molecule has 24 heavy (non-hydrogen) atoms. The standard InChI is InChI=1S/C16H16Cl2N4O2/c17-10-1-2-12(19-6-10)9-24-14-5-15(20-7-13(14)18)21-8-16(23)22-11-3-4-11/h1-2,5-7,11H,3-4,8-9H2,(H,20,21)(H,22,23). The molecule has 0 spiro atoms. The van der Waals surface area contributed by atoms with Crippen LogP contribution in [0.5, 0.6) is 5.75 Å². The van der Waals surface area contributed by atoms with Gasteiger partial charge in [-0.3, -0.25) is 9.78 Å². The molecule has 126 valence electrons. The third kappa shape index (κ3) is 4.97. The van der Waals surface area contributed by atoms with Crippen LogP contribution in [0.25, 0.3) is 0 Å². The summed E-state index contributed by atoms with van der Waals surface area (Å²) in [6.45, 7) is 0.409. The number of pyridine rings is 2. The van der Waals surface area contributed by atoms with E-state index < -0.39 is 0 Å². The maximum absolute atomic E-state index is 11.7. The normalized spacial score (nSPS) is 13.4. The van der Waals surface area contributed by atoms with E-state index >= 15 is 0 Å². The quantitative estimate of drug-likeness (QED) is 0.787. The predicted octanol–water partition coefficient (Wildman–Crippen LogP) is 3.05. The maximum Gasteiger partial charge on any atom is 0.239 e. The lowest BCUT2D eigenvalue weighted by Gasteiger charge is -2.10. The van der Waals surface area contributed by atoms with Gasteiger partial charge in [-0.15, -0.1) is 0 Å². The van der Waals surface area contributed by atoms with Crippen molar-refractivity contribution < 1.29 is 9.53 Å². The third-order valence-electron chi connectivity index (χ3n) is 3.36. The molecule has 8 heteroatoms. The first-order valence-electron chi connectivity index (χ1n) is 7.52. The van der Waals surface area contributed by atoms with Gasteiger partial charge in [-0.2, -0.15) is 0 Å². The number of nitrogens with zero attached hydrogens (tertiary/aromatic N) is 2. The highest BCUT2D eigenvalue weighted by Gasteiger charge is 2.22. The van der Waals surface area contributed by atoms with Crippen molar-refractivity contribution >= 4 is 34.9 Å². The molecular weight excluding hydrogens is 351 g/mol. The van der Waals surface area contributed by atoms with E-state index in [1.165, 1.54) is 6.20 Å². The number of aromatic nitrogens is 2. The zero-order valence-corrected chi connectivity index (χ0v) is 14.3. The Hall–Kier alpha value is -2.05. The highest BCUT2D eigenvalue weighted by atomic mass is 35.5. The van der Waals surface area contributed by atoms with Gasteiger partial charge in [0.2, 0.25) is 5.91 Å². The molecular formula is C16H16Cl2N4O2. The minimum absolute atomic E-state index is 0.0536. The molecule has 2 N–H and O–H groups in total. The Balaban J connectivity index is 1.56. The van der Waals surface area contributed by atoms with E-state index in [-0.39, 0.29) is 19.1 Å². The van der Waals surface area contributed by atoms with Crippen LogP contribution in [0.1, 0.15) is 18.5 Å². The van der Waals surface area contributed by atoms with Gasteiger partial charge in [0, 0.05) is 18.3 Å². The summed E-state index contributed by atoms with van der Waals surface area (Å²) in [6.07, 6.45) is 5.15. The van der Waals surface area contributed by atoms with Crippen LogP contribution in [0.3, 0.4) is 0 Å². The van der Waals surface area contributed by atoms with Crippen LogP contribution in [-0.4, -0.2) is 28.5 Å². The fraction of sp³-hybridized carbons (Fsp3) is 0.312. The summed E-state index contributed by atoms with van der Waals surface area (Å²) in [5, 5.41) is 6.80. The number of hydrogen-bond donors (Lipinski definition) is 2. The number of carbonyl (C=O) groups is 1. The molecule has 2 heterocycles. The average Bonchev–Trinajstić information content (AvgIpc) is 3.38. The molecule has 0 aromatic carbocycles. The lowest BCUT2D eigenvalue weighted by molar-refractivity contribution is -0.119. The lowest BCUT2D eigenvalue weighted by atomic mass is 10.3. The van der Waals surface area contributed by atoms with Crippen molar-refractivity contribution in [1.82, 2.24) is 15.3 Å².